The predicted octanol–water partition coefficient (Wildman–Crippen LogP) is 4.63. The van der Waals surface area contributed by atoms with Crippen molar-refractivity contribution in [2.75, 3.05) is 6.61 Å². The number of hydrogen-bond donors (Lipinski definition) is 0. The van der Waals surface area contributed by atoms with Crippen LogP contribution >= 0.6 is 11.6 Å². The number of nitrogens with zero attached hydrogens (tertiary/aromatic N) is 2. The van der Waals surface area contributed by atoms with Gasteiger partial charge in [0.05, 0.1) is 17.4 Å². The number of rotatable bonds is 2. The molecule has 1 atom stereocenters. The minimum atomic E-state index is -0.675. The van der Waals surface area contributed by atoms with Crippen molar-refractivity contribution in [1.82, 2.24) is 10.2 Å². The van der Waals surface area contributed by atoms with Gasteiger partial charge in [0.25, 0.3) is 0 Å². The quantitative estimate of drug-likeness (QED) is 0.808. The van der Waals surface area contributed by atoms with Crippen molar-refractivity contribution in [1.29, 1.82) is 0 Å². The van der Waals surface area contributed by atoms with Crippen molar-refractivity contribution in [3.63, 3.8) is 0 Å². The van der Waals surface area contributed by atoms with E-state index in [1.807, 2.05) is 0 Å². The van der Waals surface area contributed by atoms with Gasteiger partial charge >= 0.3 is 0 Å². The maximum atomic E-state index is 14.2. The Morgan fingerprint density at radius 2 is 1.86 bits per heavy atom. The lowest BCUT2D eigenvalue weighted by molar-refractivity contribution is 0.0146. The van der Waals surface area contributed by atoms with Gasteiger partial charge in [0, 0.05) is 17.7 Å². The molecule has 0 spiro atoms. The molecule has 22 heavy (non-hydrogen) atoms. The largest absolute Gasteiger partial charge is 0.373 e. The fourth-order valence-electron chi connectivity index (χ4n) is 2.85. The third-order valence-electron chi connectivity index (χ3n) is 3.87. The Kier molecular flexibility index (Phi) is 4.36. The first-order valence-electron chi connectivity index (χ1n) is 7.18. The molecule has 2 heterocycles. The van der Waals surface area contributed by atoms with E-state index in [4.69, 9.17) is 16.3 Å². The molecule has 0 bridgehead atoms. The molecular formula is C16H15ClF2N2O. The molecule has 1 saturated heterocycles. The Balaban J connectivity index is 2.24. The predicted molar refractivity (Wildman–Crippen MR) is 79.7 cm³/mol. The van der Waals surface area contributed by atoms with E-state index in [0.717, 1.165) is 19.3 Å². The molecule has 6 heteroatoms. The Labute approximate surface area is 132 Å². The number of benzene rings is 1. The van der Waals surface area contributed by atoms with Gasteiger partial charge in [-0.3, -0.25) is 0 Å². The average molecular weight is 325 g/mol. The fourth-order valence-corrected chi connectivity index (χ4v) is 3.09. The molecule has 3 rings (SSSR count). The highest BCUT2D eigenvalue weighted by atomic mass is 35.5. The van der Waals surface area contributed by atoms with E-state index in [9.17, 15) is 8.78 Å². The van der Waals surface area contributed by atoms with Gasteiger partial charge in [-0.25, -0.2) is 8.78 Å². The Morgan fingerprint density at radius 1 is 1.14 bits per heavy atom. The van der Waals surface area contributed by atoms with E-state index in [1.165, 1.54) is 18.2 Å². The van der Waals surface area contributed by atoms with E-state index in [0.29, 0.717) is 17.9 Å². The molecule has 1 unspecified atom stereocenters. The van der Waals surface area contributed by atoms with Crippen LogP contribution in [0.2, 0.25) is 5.15 Å². The number of aromatic nitrogens is 2. The molecule has 0 radical (unpaired) electrons. The zero-order valence-corrected chi connectivity index (χ0v) is 12.8. The lowest BCUT2D eigenvalue weighted by atomic mass is 9.92. The summed E-state index contributed by atoms with van der Waals surface area (Å²) in [5.41, 5.74) is 1.28. The van der Waals surface area contributed by atoms with Gasteiger partial charge in [0.1, 0.15) is 11.6 Å². The number of ether oxygens (including phenoxy) is 1. The summed E-state index contributed by atoms with van der Waals surface area (Å²) >= 11 is 6.14. The van der Waals surface area contributed by atoms with Gasteiger partial charge < -0.3 is 4.74 Å². The second-order valence-electron chi connectivity index (χ2n) is 5.32. The summed E-state index contributed by atoms with van der Waals surface area (Å²) < 4.78 is 34.2. The molecule has 1 aliphatic rings. The van der Waals surface area contributed by atoms with Gasteiger partial charge in [-0.2, -0.15) is 5.10 Å². The summed E-state index contributed by atoms with van der Waals surface area (Å²) in [4.78, 5) is 0. The van der Waals surface area contributed by atoms with E-state index < -0.39 is 11.6 Å². The number of halogens is 3. The molecule has 3 nitrogen and oxygen atoms in total. The van der Waals surface area contributed by atoms with Crippen LogP contribution in [0.25, 0.3) is 11.1 Å². The average Bonchev–Trinajstić information content (AvgIpc) is 2.51. The first-order valence-corrected chi connectivity index (χ1v) is 7.56. The van der Waals surface area contributed by atoms with Crippen molar-refractivity contribution in [2.24, 2.45) is 0 Å². The molecule has 1 aromatic carbocycles. The van der Waals surface area contributed by atoms with Crippen LogP contribution in [0.1, 0.15) is 36.6 Å². The maximum Gasteiger partial charge on any atom is 0.160 e. The standard InChI is InChI=1S/C16H15ClF2N2O/c1-9-13(12-7-2-3-8-22-12)15(16(17)21-20-9)14-10(18)5-4-6-11(14)19/h4-6,12H,2-3,7-8H2,1H3. The van der Waals surface area contributed by atoms with Crippen LogP contribution < -0.4 is 0 Å². The van der Waals surface area contributed by atoms with E-state index in [2.05, 4.69) is 10.2 Å². The maximum absolute atomic E-state index is 14.2. The normalized spacial score (nSPS) is 18.5. The van der Waals surface area contributed by atoms with Crippen LogP contribution in [-0.4, -0.2) is 16.8 Å². The van der Waals surface area contributed by atoms with Crippen molar-refractivity contribution in [3.05, 3.63) is 46.2 Å². The van der Waals surface area contributed by atoms with Crippen molar-refractivity contribution in [3.8, 4) is 11.1 Å². The van der Waals surface area contributed by atoms with Gasteiger partial charge in [0.15, 0.2) is 5.15 Å². The Hall–Kier alpha value is -1.59. The van der Waals surface area contributed by atoms with Gasteiger partial charge in [-0.15, -0.1) is 5.10 Å². The topological polar surface area (TPSA) is 35.0 Å². The summed E-state index contributed by atoms with van der Waals surface area (Å²) in [7, 11) is 0. The van der Waals surface area contributed by atoms with Gasteiger partial charge in [-0.05, 0) is 38.3 Å². The number of hydrogen-bond acceptors (Lipinski definition) is 3. The van der Waals surface area contributed by atoms with Crippen LogP contribution in [0.5, 0.6) is 0 Å². The molecule has 2 aromatic rings. The van der Waals surface area contributed by atoms with Crippen LogP contribution in [-0.2, 0) is 4.74 Å². The van der Waals surface area contributed by atoms with Crippen LogP contribution in [0.3, 0.4) is 0 Å². The Morgan fingerprint density at radius 3 is 2.50 bits per heavy atom. The minimum absolute atomic E-state index is 0.0150. The molecule has 1 aromatic heterocycles. The second-order valence-corrected chi connectivity index (χ2v) is 5.67. The molecule has 116 valence electrons. The van der Waals surface area contributed by atoms with E-state index in [1.54, 1.807) is 6.92 Å². The molecule has 0 amide bonds. The fraction of sp³-hybridized carbons (Fsp3) is 0.375. The van der Waals surface area contributed by atoms with Crippen molar-refractivity contribution < 1.29 is 13.5 Å². The lowest BCUT2D eigenvalue weighted by Gasteiger charge is -2.26. The van der Waals surface area contributed by atoms with Gasteiger partial charge in [-0.1, -0.05) is 17.7 Å². The van der Waals surface area contributed by atoms with Crippen molar-refractivity contribution >= 4 is 11.6 Å². The molecule has 0 aliphatic carbocycles. The summed E-state index contributed by atoms with van der Waals surface area (Å²) in [5.74, 6) is -1.35. The smallest absolute Gasteiger partial charge is 0.160 e. The first-order chi connectivity index (χ1) is 10.6. The highest BCUT2D eigenvalue weighted by Gasteiger charge is 2.28. The zero-order chi connectivity index (χ0) is 15.7. The molecule has 1 aliphatic heterocycles. The minimum Gasteiger partial charge on any atom is -0.373 e. The highest BCUT2D eigenvalue weighted by Crippen LogP contribution is 2.41. The summed E-state index contributed by atoms with van der Waals surface area (Å²) in [5, 5.41) is 7.80. The van der Waals surface area contributed by atoms with Crippen molar-refractivity contribution in [2.45, 2.75) is 32.3 Å². The second kappa shape index (κ2) is 6.26. The van der Waals surface area contributed by atoms with E-state index in [-0.39, 0.29) is 22.4 Å². The summed E-state index contributed by atoms with van der Waals surface area (Å²) in [6.45, 7) is 2.36. The van der Waals surface area contributed by atoms with Gasteiger partial charge in [0.2, 0.25) is 0 Å². The first kappa shape index (κ1) is 15.3. The molecular weight excluding hydrogens is 310 g/mol. The third-order valence-corrected chi connectivity index (χ3v) is 4.13. The third kappa shape index (κ3) is 2.71. The van der Waals surface area contributed by atoms with Crippen LogP contribution in [0, 0.1) is 18.6 Å². The highest BCUT2D eigenvalue weighted by molar-refractivity contribution is 6.32. The molecule has 0 N–H and O–H groups in total. The number of aryl methyl sites for hydroxylation is 1. The SMILES string of the molecule is Cc1nnc(Cl)c(-c2c(F)cccc2F)c1C1CCCCO1. The monoisotopic (exact) mass is 324 g/mol. The zero-order valence-electron chi connectivity index (χ0n) is 12.1. The van der Waals surface area contributed by atoms with Crippen LogP contribution in [0.15, 0.2) is 18.2 Å². The lowest BCUT2D eigenvalue weighted by Crippen LogP contribution is -2.16. The van der Waals surface area contributed by atoms with E-state index >= 15 is 0 Å². The summed E-state index contributed by atoms with van der Waals surface area (Å²) in [6.07, 6.45) is 2.47. The molecule has 1 fully saturated rings. The molecule has 0 saturated carbocycles. The Bertz CT molecular complexity index is 683. The van der Waals surface area contributed by atoms with Crippen LogP contribution in [0.4, 0.5) is 8.78 Å². The summed E-state index contributed by atoms with van der Waals surface area (Å²) in [6, 6.07) is 3.73.